The Labute approximate surface area is 78.9 Å². The SMILES string of the molecule is C=CCNc1c(C)cc(O)cc1C. The van der Waals surface area contributed by atoms with Crippen molar-refractivity contribution in [1.29, 1.82) is 0 Å². The number of aryl methyl sites for hydroxylation is 2. The van der Waals surface area contributed by atoms with Crippen LogP contribution in [0.25, 0.3) is 0 Å². The van der Waals surface area contributed by atoms with Crippen molar-refractivity contribution in [2.75, 3.05) is 11.9 Å². The number of anilines is 1. The third-order valence-corrected chi connectivity index (χ3v) is 1.94. The van der Waals surface area contributed by atoms with Crippen molar-refractivity contribution in [2.24, 2.45) is 0 Å². The number of hydrogen-bond donors (Lipinski definition) is 2. The molecule has 0 bridgehead atoms. The smallest absolute Gasteiger partial charge is 0.116 e. The summed E-state index contributed by atoms with van der Waals surface area (Å²) in [6.07, 6.45) is 1.81. The first-order valence-corrected chi connectivity index (χ1v) is 4.30. The summed E-state index contributed by atoms with van der Waals surface area (Å²) >= 11 is 0. The molecule has 0 unspecified atom stereocenters. The second kappa shape index (κ2) is 3.99. The van der Waals surface area contributed by atoms with Gasteiger partial charge in [0.15, 0.2) is 0 Å². The molecule has 1 rings (SSSR count). The minimum Gasteiger partial charge on any atom is -0.508 e. The molecule has 0 spiro atoms. The van der Waals surface area contributed by atoms with Gasteiger partial charge in [-0.3, -0.25) is 0 Å². The van der Waals surface area contributed by atoms with Crippen LogP contribution in [0.4, 0.5) is 5.69 Å². The molecule has 2 N–H and O–H groups in total. The Bertz CT molecular complexity index is 295. The maximum Gasteiger partial charge on any atom is 0.116 e. The monoisotopic (exact) mass is 177 g/mol. The summed E-state index contributed by atoms with van der Waals surface area (Å²) < 4.78 is 0. The fourth-order valence-electron chi connectivity index (χ4n) is 1.39. The van der Waals surface area contributed by atoms with E-state index in [2.05, 4.69) is 11.9 Å². The normalized spacial score (nSPS) is 9.69. The predicted octanol–water partition coefficient (Wildman–Crippen LogP) is 2.61. The van der Waals surface area contributed by atoms with Crippen molar-refractivity contribution in [3.63, 3.8) is 0 Å². The Kier molecular flexibility index (Phi) is 2.96. The van der Waals surface area contributed by atoms with E-state index in [0.29, 0.717) is 5.75 Å². The van der Waals surface area contributed by atoms with Gasteiger partial charge in [0.2, 0.25) is 0 Å². The Hall–Kier alpha value is -1.44. The third-order valence-electron chi connectivity index (χ3n) is 1.94. The summed E-state index contributed by atoms with van der Waals surface area (Å²) in [5.74, 6) is 0.319. The Balaban J connectivity index is 2.98. The van der Waals surface area contributed by atoms with E-state index in [-0.39, 0.29) is 0 Å². The highest BCUT2D eigenvalue weighted by atomic mass is 16.3. The van der Waals surface area contributed by atoms with Crippen LogP contribution in [0.3, 0.4) is 0 Å². The summed E-state index contributed by atoms with van der Waals surface area (Å²) in [6.45, 7) is 8.32. The fourth-order valence-corrected chi connectivity index (χ4v) is 1.39. The second-order valence-corrected chi connectivity index (χ2v) is 3.12. The van der Waals surface area contributed by atoms with Gasteiger partial charge in [0.1, 0.15) is 5.75 Å². The van der Waals surface area contributed by atoms with E-state index in [9.17, 15) is 5.11 Å². The van der Waals surface area contributed by atoms with Gasteiger partial charge in [-0.1, -0.05) is 6.08 Å². The molecule has 2 nitrogen and oxygen atoms in total. The van der Waals surface area contributed by atoms with Gasteiger partial charge in [0.05, 0.1) is 0 Å². The molecule has 0 radical (unpaired) electrons. The Morgan fingerprint density at radius 1 is 1.38 bits per heavy atom. The van der Waals surface area contributed by atoms with Crippen LogP contribution in [0.5, 0.6) is 5.75 Å². The molecule has 0 aromatic heterocycles. The standard InChI is InChI=1S/C11H15NO/c1-4-5-12-11-8(2)6-10(13)7-9(11)3/h4,6-7,12-13H,1,5H2,2-3H3. The van der Waals surface area contributed by atoms with E-state index in [4.69, 9.17) is 0 Å². The van der Waals surface area contributed by atoms with E-state index in [1.165, 1.54) is 0 Å². The van der Waals surface area contributed by atoms with Crippen LogP contribution in [0.2, 0.25) is 0 Å². The summed E-state index contributed by atoms with van der Waals surface area (Å²) in [7, 11) is 0. The zero-order valence-electron chi connectivity index (χ0n) is 8.09. The molecule has 70 valence electrons. The molecule has 0 saturated heterocycles. The van der Waals surface area contributed by atoms with E-state index >= 15 is 0 Å². The third kappa shape index (κ3) is 2.25. The van der Waals surface area contributed by atoms with Crippen molar-refractivity contribution >= 4 is 5.69 Å². The van der Waals surface area contributed by atoms with Gasteiger partial charge in [-0.25, -0.2) is 0 Å². The number of phenols is 1. The molecule has 0 atom stereocenters. The van der Waals surface area contributed by atoms with Crippen LogP contribution in [0, 0.1) is 13.8 Å². The lowest BCUT2D eigenvalue weighted by molar-refractivity contribution is 0.474. The molecule has 1 aromatic rings. The molecule has 0 aliphatic carbocycles. The molecule has 0 aliphatic rings. The maximum absolute atomic E-state index is 9.30. The van der Waals surface area contributed by atoms with Gasteiger partial charge in [-0.2, -0.15) is 0 Å². The van der Waals surface area contributed by atoms with Crippen molar-refractivity contribution < 1.29 is 5.11 Å². The molecule has 0 amide bonds. The topological polar surface area (TPSA) is 32.3 Å². The van der Waals surface area contributed by atoms with E-state index in [0.717, 1.165) is 23.4 Å². The Morgan fingerprint density at radius 2 is 1.92 bits per heavy atom. The van der Waals surface area contributed by atoms with Gasteiger partial charge < -0.3 is 10.4 Å². The van der Waals surface area contributed by atoms with Crippen LogP contribution in [-0.2, 0) is 0 Å². The summed E-state index contributed by atoms with van der Waals surface area (Å²) in [6, 6.07) is 3.50. The summed E-state index contributed by atoms with van der Waals surface area (Å²) in [5.41, 5.74) is 3.19. The number of nitrogens with one attached hydrogen (secondary N) is 1. The minimum absolute atomic E-state index is 0.319. The van der Waals surface area contributed by atoms with Crippen LogP contribution < -0.4 is 5.32 Å². The average Bonchev–Trinajstić information content (AvgIpc) is 2.02. The van der Waals surface area contributed by atoms with Gasteiger partial charge in [-0.05, 0) is 37.1 Å². The quantitative estimate of drug-likeness (QED) is 0.549. The zero-order chi connectivity index (χ0) is 9.84. The largest absolute Gasteiger partial charge is 0.508 e. The average molecular weight is 177 g/mol. The summed E-state index contributed by atoms with van der Waals surface area (Å²) in [5, 5.41) is 12.5. The number of rotatable bonds is 3. The number of hydrogen-bond acceptors (Lipinski definition) is 2. The molecule has 13 heavy (non-hydrogen) atoms. The van der Waals surface area contributed by atoms with Crippen LogP contribution >= 0.6 is 0 Å². The molecule has 0 aliphatic heterocycles. The van der Waals surface area contributed by atoms with Crippen molar-refractivity contribution in [2.45, 2.75) is 13.8 Å². The van der Waals surface area contributed by atoms with E-state index < -0.39 is 0 Å². The zero-order valence-corrected chi connectivity index (χ0v) is 8.09. The van der Waals surface area contributed by atoms with Gasteiger partial charge in [0.25, 0.3) is 0 Å². The maximum atomic E-state index is 9.30. The lowest BCUT2D eigenvalue weighted by atomic mass is 10.1. The van der Waals surface area contributed by atoms with Crippen LogP contribution in [-0.4, -0.2) is 11.7 Å². The van der Waals surface area contributed by atoms with Crippen LogP contribution in [0.15, 0.2) is 24.8 Å². The Morgan fingerprint density at radius 3 is 2.38 bits per heavy atom. The first-order valence-electron chi connectivity index (χ1n) is 4.30. The van der Waals surface area contributed by atoms with Crippen molar-refractivity contribution in [3.8, 4) is 5.75 Å². The molecule has 2 heteroatoms. The highest BCUT2D eigenvalue weighted by Crippen LogP contribution is 2.24. The number of benzene rings is 1. The molecule has 0 saturated carbocycles. The highest BCUT2D eigenvalue weighted by Gasteiger charge is 2.02. The predicted molar refractivity (Wildman–Crippen MR) is 56.3 cm³/mol. The van der Waals surface area contributed by atoms with Crippen LogP contribution in [0.1, 0.15) is 11.1 Å². The van der Waals surface area contributed by atoms with Gasteiger partial charge in [-0.15, -0.1) is 6.58 Å². The first kappa shape index (κ1) is 9.65. The second-order valence-electron chi connectivity index (χ2n) is 3.12. The minimum atomic E-state index is 0.319. The molecule has 1 aromatic carbocycles. The molecular weight excluding hydrogens is 162 g/mol. The highest BCUT2D eigenvalue weighted by molar-refractivity contribution is 5.59. The van der Waals surface area contributed by atoms with Crippen molar-refractivity contribution in [1.82, 2.24) is 0 Å². The van der Waals surface area contributed by atoms with Gasteiger partial charge >= 0.3 is 0 Å². The van der Waals surface area contributed by atoms with E-state index in [1.807, 2.05) is 19.9 Å². The fraction of sp³-hybridized carbons (Fsp3) is 0.273. The summed E-state index contributed by atoms with van der Waals surface area (Å²) in [4.78, 5) is 0. The molecule has 0 heterocycles. The van der Waals surface area contributed by atoms with Gasteiger partial charge in [0, 0.05) is 12.2 Å². The lowest BCUT2D eigenvalue weighted by Crippen LogP contribution is -2.01. The number of phenolic OH excluding ortho intramolecular Hbond substituents is 1. The van der Waals surface area contributed by atoms with Crippen molar-refractivity contribution in [3.05, 3.63) is 35.9 Å². The first-order chi connectivity index (χ1) is 6.15. The van der Waals surface area contributed by atoms with E-state index in [1.54, 1.807) is 12.1 Å². The molecule has 0 fully saturated rings. The number of aromatic hydroxyl groups is 1. The molecular formula is C11H15NO. The lowest BCUT2D eigenvalue weighted by Gasteiger charge is -2.11.